The fourth-order valence-corrected chi connectivity index (χ4v) is 14.4. The van der Waals surface area contributed by atoms with E-state index in [4.69, 9.17) is 4.42 Å². The number of fused-ring (bicyclic) bond motifs is 3. The molecule has 3 saturated heterocycles. The van der Waals surface area contributed by atoms with Gasteiger partial charge in [0.2, 0.25) is 0 Å². The summed E-state index contributed by atoms with van der Waals surface area (Å²) in [6.07, 6.45) is -3.37. The molecule has 0 unspecified atom stereocenters. The number of thiophene rings is 3. The summed E-state index contributed by atoms with van der Waals surface area (Å²) in [5, 5.41) is 45.1. The van der Waals surface area contributed by atoms with E-state index in [0.717, 1.165) is 5.56 Å². The van der Waals surface area contributed by atoms with Crippen molar-refractivity contribution in [1.82, 2.24) is 28.4 Å². The highest BCUT2D eigenvalue weighted by atomic mass is 32.1. The van der Waals surface area contributed by atoms with Gasteiger partial charge in [0.1, 0.15) is 23.6 Å². The van der Waals surface area contributed by atoms with E-state index in [0.29, 0.717) is 106 Å². The molecule has 3 aliphatic heterocycles. The quantitative estimate of drug-likeness (QED) is 0.0766. The van der Waals surface area contributed by atoms with Crippen molar-refractivity contribution >= 4 is 119 Å². The number of carbonyl (C=O) groups is 3. The highest BCUT2D eigenvalue weighted by molar-refractivity contribution is 7.12. The van der Waals surface area contributed by atoms with Gasteiger partial charge in [-0.2, -0.15) is 24.5 Å². The fraction of sp³-hybridized carbons (Fsp3) is 0.303. The number of pyridine rings is 3. The minimum atomic E-state index is -4.74. The number of furan rings is 1. The largest absolute Gasteiger partial charge is 0.459 e. The highest BCUT2D eigenvalue weighted by Crippen LogP contribution is 2.39. The number of halogens is 3. The van der Waals surface area contributed by atoms with E-state index in [2.05, 4.69) is 0 Å². The van der Waals surface area contributed by atoms with E-state index in [1.165, 1.54) is 84.6 Å². The standard InChI is InChI=1S/C23H20N4O4S2.C23H26N4O4S.C20H17F3N4O5/c28-22(19-6-3-12-33-19)25-10-8-24(9-11-25)20-17-4-1-2-5-18(17)26(14-16-7-13-32-15-16)23(29)21(20)27(30)31;1-23(2,3)15-26-17-8-5-4-7-16(17)19(20(22(26)29)27(30)31)24-10-12-25(13-11-24)21(28)18-9-6-14-32-18;21-20(22,23)12-26-14-5-2-1-4-13(14)16(17(19(26)29)27(30)31)24-7-9-25(10-8-24)18(28)15-6-3-11-32-15/h1-7,12-13,15H,8-11,14H2;4-9,14H,10-13,15H2,1-3H3;1-6,11H,7-10,12H2. The Kier molecular flexibility index (Phi) is 19.9. The summed E-state index contributed by atoms with van der Waals surface area (Å²) < 4.78 is 47.8. The number of piperazine rings is 3. The number of benzene rings is 3. The number of hydrogen-bond acceptors (Lipinski definition) is 19. The lowest BCUT2D eigenvalue weighted by Gasteiger charge is -2.36. The zero-order valence-electron chi connectivity index (χ0n) is 52.5. The van der Waals surface area contributed by atoms with Gasteiger partial charge in [-0.1, -0.05) is 87.5 Å². The smallest absolute Gasteiger partial charge is 0.406 e. The molecule has 31 heteroatoms. The number of para-hydroxylation sites is 3. The molecule has 25 nitrogen and oxygen atoms in total. The minimum absolute atomic E-state index is 0.0281. The summed E-state index contributed by atoms with van der Waals surface area (Å²) >= 11 is 4.32. The second-order valence-electron chi connectivity index (χ2n) is 24.2. The number of carbonyl (C=O) groups excluding carboxylic acids is 3. The minimum Gasteiger partial charge on any atom is -0.459 e. The van der Waals surface area contributed by atoms with Gasteiger partial charge in [-0.15, -0.1) is 22.7 Å². The maximum Gasteiger partial charge on any atom is 0.406 e. The first-order valence-corrected chi connectivity index (χ1v) is 33.3. The molecular formula is C66H63F3N12O13S3. The number of amides is 3. The van der Waals surface area contributed by atoms with Crippen LogP contribution in [-0.4, -0.2) is 146 Å². The van der Waals surface area contributed by atoms with Crippen molar-refractivity contribution in [3.05, 3.63) is 226 Å². The molecule has 3 aliphatic rings. The SMILES string of the molecule is CC(C)(C)Cn1c(=O)c([N+](=O)[O-])c(N2CCN(C(=O)c3cccs3)CC2)c2ccccc21.O=C(c1ccco1)N1CCN(c2c([N+](=O)[O-])c(=O)n(CC(F)(F)F)c3ccccc23)CC1.O=C(c1cccs1)N1CCN(c2c([N+](=O)[O-])c(=O)n(Cc3ccsc3)c3ccccc23)CC1. The molecule has 3 aromatic carbocycles. The molecule has 0 bridgehead atoms. The monoisotopic (exact) mass is 1380 g/mol. The second kappa shape index (κ2) is 28.4. The number of alkyl halides is 3. The van der Waals surface area contributed by atoms with Gasteiger partial charge >= 0.3 is 39.9 Å². The van der Waals surface area contributed by atoms with Gasteiger partial charge in [0, 0.05) is 101 Å². The van der Waals surface area contributed by atoms with E-state index in [9.17, 15) is 72.3 Å². The van der Waals surface area contributed by atoms with Crippen molar-refractivity contribution in [3.63, 3.8) is 0 Å². The van der Waals surface area contributed by atoms with Crippen molar-refractivity contribution in [1.29, 1.82) is 0 Å². The third-order valence-corrected chi connectivity index (χ3v) is 19.1. The summed E-state index contributed by atoms with van der Waals surface area (Å²) in [6, 6.07) is 32.7. The molecule has 0 spiro atoms. The molecule has 0 N–H and O–H groups in total. The van der Waals surface area contributed by atoms with Crippen molar-refractivity contribution < 1.29 is 46.7 Å². The first-order chi connectivity index (χ1) is 46.4. The maximum atomic E-state index is 13.4. The second-order valence-corrected chi connectivity index (χ2v) is 26.8. The molecule has 10 aromatic rings. The summed E-state index contributed by atoms with van der Waals surface area (Å²) in [7, 11) is 0. The van der Waals surface area contributed by atoms with E-state index in [1.807, 2.05) is 119 Å². The normalized spacial score (nSPS) is 14.5. The molecule has 3 fully saturated rings. The van der Waals surface area contributed by atoms with Crippen molar-refractivity contribution in [2.24, 2.45) is 5.41 Å². The maximum absolute atomic E-state index is 13.4. The lowest BCUT2D eigenvalue weighted by Crippen LogP contribution is -2.49. The van der Waals surface area contributed by atoms with Gasteiger partial charge in [0.05, 0.1) is 53.9 Å². The number of nitrogens with zero attached hydrogens (tertiary/aromatic N) is 12. The molecule has 3 amide bonds. The van der Waals surface area contributed by atoms with Crippen LogP contribution in [-0.2, 0) is 19.6 Å². The first-order valence-electron chi connectivity index (χ1n) is 30.6. The van der Waals surface area contributed by atoms with Gasteiger partial charge in [0.25, 0.3) is 17.7 Å². The number of anilines is 3. The fourth-order valence-electron chi connectivity index (χ4n) is 12.3. The molecule has 13 rings (SSSR count). The van der Waals surface area contributed by atoms with E-state index < -0.39 is 61.2 Å². The molecule has 504 valence electrons. The Morgan fingerprint density at radius 1 is 0.474 bits per heavy atom. The van der Waals surface area contributed by atoms with Crippen molar-refractivity contribution in [2.75, 3.05) is 93.2 Å². The summed E-state index contributed by atoms with van der Waals surface area (Å²) in [5.74, 6) is -0.242. The van der Waals surface area contributed by atoms with E-state index in [-0.39, 0.29) is 78.2 Å². The lowest BCUT2D eigenvalue weighted by molar-refractivity contribution is -0.385. The van der Waals surface area contributed by atoms with Crippen LogP contribution in [0.2, 0.25) is 0 Å². The van der Waals surface area contributed by atoms with Crippen molar-refractivity contribution in [3.8, 4) is 0 Å². The number of rotatable bonds is 13. The Bertz CT molecular complexity index is 4580. The number of hydrogen-bond donors (Lipinski definition) is 0. The molecule has 97 heavy (non-hydrogen) atoms. The molecule has 10 heterocycles. The zero-order valence-corrected chi connectivity index (χ0v) is 54.9. The van der Waals surface area contributed by atoms with Crippen LogP contribution in [0.5, 0.6) is 0 Å². The Hall–Kier alpha value is -10.5. The van der Waals surface area contributed by atoms with Gasteiger partial charge in [-0.3, -0.25) is 68.2 Å². The highest BCUT2D eigenvalue weighted by Gasteiger charge is 2.38. The third kappa shape index (κ3) is 14.5. The molecule has 0 atom stereocenters. The Labute approximate surface area is 561 Å². The van der Waals surface area contributed by atoms with Crippen LogP contribution in [0.25, 0.3) is 32.7 Å². The summed E-state index contributed by atoms with van der Waals surface area (Å²) in [4.78, 5) is 123. The third-order valence-electron chi connectivity index (χ3n) is 16.6. The van der Waals surface area contributed by atoms with Crippen LogP contribution < -0.4 is 31.4 Å². The predicted molar refractivity (Wildman–Crippen MR) is 365 cm³/mol. The average Bonchev–Trinajstić information content (AvgIpc) is 1.75. The molecule has 0 radical (unpaired) electrons. The van der Waals surface area contributed by atoms with E-state index in [1.54, 1.807) is 32.9 Å². The van der Waals surface area contributed by atoms with E-state index >= 15 is 0 Å². The number of aromatic nitrogens is 3. The molecule has 0 saturated carbocycles. The van der Waals surface area contributed by atoms with Crippen LogP contribution >= 0.6 is 34.0 Å². The van der Waals surface area contributed by atoms with Gasteiger partial charge in [-0.25, -0.2) is 0 Å². The summed E-state index contributed by atoms with van der Waals surface area (Å²) in [5.41, 5.74) is -1.62. The summed E-state index contributed by atoms with van der Waals surface area (Å²) in [6.45, 7) is 9.09. The molecular weight excluding hydrogens is 1320 g/mol. The van der Waals surface area contributed by atoms with Crippen LogP contribution in [0.1, 0.15) is 56.2 Å². The first kappa shape index (κ1) is 67.9. The van der Waals surface area contributed by atoms with Gasteiger partial charge in [0.15, 0.2) is 5.76 Å². The zero-order chi connectivity index (χ0) is 69.0. The Balaban J connectivity index is 0.000000148. The number of nitro groups is 3. The van der Waals surface area contributed by atoms with Gasteiger partial charge in [-0.05, 0) is 81.0 Å². The molecule has 7 aromatic heterocycles. The van der Waals surface area contributed by atoms with Crippen LogP contribution in [0.15, 0.2) is 162 Å². The average molecular weight is 1390 g/mol. The topological polar surface area (TPSA) is 279 Å². The van der Waals surface area contributed by atoms with Crippen LogP contribution in [0.4, 0.5) is 47.3 Å². The van der Waals surface area contributed by atoms with Crippen LogP contribution in [0, 0.1) is 35.8 Å². The Morgan fingerprint density at radius 2 is 0.856 bits per heavy atom. The van der Waals surface area contributed by atoms with Crippen molar-refractivity contribution in [2.45, 2.75) is 46.6 Å². The van der Waals surface area contributed by atoms with Crippen LogP contribution in [0.3, 0.4) is 0 Å². The molecule has 0 aliphatic carbocycles. The predicted octanol–water partition coefficient (Wildman–Crippen LogP) is 11.1. The lowest BCUT2D eigenvalue weighted by atomic mass is 9.96. The van der Waals surface area contributed by atoms with Gasteiger partial charge < -0.3 is 38.4 Å². The Morgan fingerprint density at radius 3 is 1.20 bits per heavy atom.